The third-order valence-electron chi connectivity index (χ3n) is 3.80. The summed E-state index contributed by atoms with van der Waals surface area (Å²) in [6.45, 7) is 6.09. The first kappa shape index (κ1) is 14.8. The van der Waals surface area contributed by atoms with Gasteiger partial charge in [-0.05, 0) is 38.3 Å². The average Bonchev–Trinajstić information content (AvgIpc) is 2.76. The summed E-state index contributed by atoms with van der Waals surface area (Å²) < 4.78 is 0. The number of amides is 1. The summed E-state index contributed by atoms with van der Waals surface area (Å²) in [5.41, 5.74) is 0.392. The van der Waals surface area contributed by atoms with E-state index in [-0.39, 0.29) is 11.9 Å². The molecule has 1 fully saturated rings. The summed E-state index contributed by atoms with van der Waals surface area (Å²) in [6.07, 6.45) is 5.90. The molecule has 1 aliphatic heterocycles. The van der Waals surface area contributed by atoms with Gasteiger partial charge < -0.3 is 10.2 Å². The van der Waals surface area contributed by atoms with E-state index in [1.807, 2.05) is 19.9 Å². The molecule has 0 spiro atoms. The number of rotatable bonds is 4. The summed E-state index contributed by atoms with van der Waals surface area (Å²) in [5, 5.41) is 11.2. The second kappa shape index (κ2) is 7.22. The number of aromatic nitrogens is 2. The Balaban J connectivity index is 2.00. The molecule has 1 unspecified atom stereocenters. The predicted octanol–water partition coefficient (Wildman–Crippen LogP) is 2.39. The Morgan fingerprint density at radius 3 is 2.50 bits per heavy atom. The fourth-order valence-electron chi connectivity index (χ4n) is 2.31. The normalized spacial score (nSPS) is 17.4. The van der Waals surface area contributed by atoms with Gasteiger partial charge in [0, 0.05) is 19.1 Å². The van der Waals surface area contributed by atoms with Crippen LogP contribution in [0, 0.1) is 0 Å². The molecule has 0 bridgehead atoms. The first-order valence-electron chi connectivity index (χ1n) is 7.60. The molecule has 1 amide bonds. The van der Waals surface area contributed by atoms with Gasteiger partial charge in [0.15, 0.2) is 11.5 Å². The highest BCUT2D eigenvalue weighted by molar-refractivity contribution is 5.92. The molecule has 1 saturated heterocycles. The van der Waals surface area contributed by atoms with Crippen LogP contribution >= 0.6 is 0 Å². The first-order chi connectivity index (χ1) is 9.70. The summed E-state index contributed by atoms with van der Waals surface area (Å²) in [5.74, 6) is 0.737. The molecule has 2 rings (SSSR count). The molecule has 0 aromatic carbocycles. The third kappa shape index (κ3) is 3.92. The van der Waals surface area contributed by atoms with Crippen molar-refractivity contribution in [1.29, 1.82) is 0 Å². The highest BCUT2D eigenvalue weighted by atomic mass is 16.2. The van der Waals surface area contributed by atoms with Crippen molar-refractivity contribution in [3.8, 4) is 0 Å². The van der Waals surface area contributed by atoms with Crippen molar-refractivity contribution in [2.45, 2.75) is 52.0 Å². The minimum Gasteiger partial charge on any atom is -0.355 e. The van der Waals surface area contributed by atoms with Gasteiger partial charge in [-0.15, -0.1) is 10.2 Å². The van der Waals surface area contributed by atoms with Gasteiger partial charge in [-0.3, -0.25) is 4.79 Å². The minimum absolute atomic E-state index is 0.144. The molecule has 1 N–H and O–H groups in total. The van der Waals surface area contributed by atoms with Crippen molar-refractivity contribution >= 4 is 11.7 Å². The van der Waals surface area contributed by atoms with E-state index in [0.29, 0.717) is 5.69 Å². The number of carbonyl (C=O) groups is 1. The number of anilines is 1. The Labute approximate surface area is 120 Å². The lowest BCUT2D eigenvalue weighted by Crippen LogP contribution is -2.33. The highest BCUT2D eigenvalue weighted by Gasteiger charge is 2.14. The zero-order valence-electron chi connectivity index (χ0n) is 12.4. The maximum Gasteiger partial charge on any atom is 0.272 e. The van der Waals surface area contributed by atoms with Crippen LogP contribution < -0.4 is 10.2 Å². The topological polar surface area (TPSA) is 58.1 Å². The van der Waals surface area contributed by atoms with E-state index < -0.39 is 0 Å². The maximum absolute atomic E-state index is 11.9. The molecule has 0 aliphatic carbocycles. The van der Waals surface area contributed by atoms with Crippen LogP contribution in [0.3, 0.4) is 0 Å². The Hall–Kier alpha value is -1.65. The number of nitrogens with one attached hydrogen (secondary N) is 1. The highest BCUT2D eigenvalue weighted by Crippen LogP contribution is 2.16. The van der Waals surface area contributed by atoms with Crippen LogP contribution in [0.2, 0.25) is 0 Å². The fraction of sp³-hybridized carbons (Fsp3) is 0.667. The lowest BCUT2D eigenvalue weighted by Gasteiger charge is -2.20. The van der Waals surface area contributed by atoms with Crippen LogP contribution in [0.1, 0.15) is 56.4 Å². The van der Waals surface area contributed by atoms with Gasteiger partial charge in [0.05, 0.1) is 0 Å². The average molecular weight is 276 g/mol. The zero-order valence-corrected chi connectivity index (χ0v) is 12.4. The number of nitrogens with zero attached hydrogens (tertiary/aromatic N) is 3. The summed E-state index contributed by atoms with van der Waals surface area (Å²) in [4.78, 5) is 14.2. The molecule has 2 heterocycles. The van der Waals surface area contributed by atoms with Gasteiger partial charge in [0.25, 0.3) is 5.91 Å². The minimum atomic E-state index is -0.144. The van der Waals surface area contributed by atoms with E-state index in [4.69, 9.17) is 0 Å². The molecule has 1 atom stereocenters. The van der Waals surface area contributed by atoms with Crippen molar-refractivity contribution in [3.63, 3.8) is 0 Å². The van der Waals surface area contributed by atoms with Gasteiger partial charge >= 0.3 is 0 Å². The van der Waals surface area contributed by atoms with E-state index >= 15 is 0 Å². The zero-order chi connectivity index (χ0) is 14.4. The molecule has 110 valence electrons. The summed E-state index contributed by atoms with van der Waals surface area (Å²) in [7, 11) is 0. The quantitative estimate of drug-likeness (QED) is 0.917. The smallest absolute Gasteiger partial charge is 0.272 e. The fourth-order valence-corrected chi connectivity index (χ4v) is 2.31. The van der Waals surface area contributed by atoms with Crippen molar-refractivity contribution in [3.05, 3.63) is 17.8 Å². The van der Waals surface area contributed by atoms with E-state index in [9.17, 15) is 4.79 Å². The first-order valence-corrected chi connectivity index (χ1v) is 7.60. The molecule has 5 nitrogen and oxygen atoms in total. The third-order valence-corrected chi connectivity index (χ3v) is 3.80. The lowest BCUT2D eigenvalue weighted by atomic mass is 10.2. The number of hydrogen-bond acceptors (Lipinski definition) is 4. The van der Waals surface area contributed by atoms with Crippen molar-refractivity contribution in [2.24, 2.45) is 0 Å². The Morgan fingerprint density at radius 1 is 1.25 bits per heavy atom. The van der Waals surface area contributed by atoms with E-state index in [2.05, 4.69) is 20.4 Å². The Kier molecular flexibility index (Phi) is 5.32. The molecule has 0 radical (unpaired) electrons. The Bertz CT molecular complexity index is 424. The number of carbonyl (C=O) groups excluding carboxylic acids is 1. The lowest BCUT2D eigenvalue weighted by molar-refractivity contribution is 0.0933. The van der Waals surface area contributed by atoms with Crippen LogP contribution in [0.5, 0.6) is 0 Å². The molecule has 1 aromatic heterocycles. The van der Waals surface area contributed by atoms with Gasteiger partial charge in [0.2, 0.25) is 0 Å². The van der Waals surface area contributed by atoms with E-state index in [1.54, 1.807) is 6.07 Å². The monoisotopic (exact) mass is 276 g/mol. The molecule has 20 heavy (non-hydrogen) atoms. The second-order valence-corrected chi connectivity index (χ2v) is 5.46. The van der Waals surface area contributed by atoms with E-state index in [0.717, 1.165) is 25.3 Å². The molecule has 0 saturated carbocycles. The molecule has 1 aromatic rings. The Morgan fingerprint density at radius 2 is 1.95 bits per heavy atom. The van der Waals surface area contributed by atoms with Crippen LogP contribution in [0.15, 0.2) is 12.1 Å². The number of hydrogen-bond donors (Lipinski definition) is 1. The summed E-state index contributed by atoms with van der Waals surface area (Å²) in [6, 6.07) is 3.84. The van der Waals surface area contributed by atoms with Crippen molar-refractivity contribution in [2.75, 3.05) is 18.0 Å². The molecule has 5 heteroatoms. The van der Waals surface area contributed by atoms with Crippen LogP contribution in [0.4, 0.5) is 5.82 Å². The van der Waals surface area contributed by atoms with Crippen LogP contribution in [-0.4, -0.2) is 35.2 Å². The van der Waals surface area contributed by atoms with Gasteiger partial charge in [0.1, 0.15) is 0 Å². The SMILES string of the molecule is CCC(C)NC(=O)c1ccc(N2CCCCCC2)nn1. The van der Waals surface area contributed by atoms with Gasteiger partial charge in [-0.2, -0.15) is 0 Å². The molecule has 1 aliphatic rings. The molecular formula is C15H24N4O. The van der Waals surface area contributed by atoms with Crippen LogP contribution in [0.25, 0.3) is 0 Å². The standard InChI is InChI=1S/C15H24N4O/c1-3-12(2)16-15(20)13-8-9-14(18-17-13)19-10-6-4-5-7-11-19/h8-9,12H,3-7,10-11H2,1-2H3,(H,16,20). The van der Waals surface area contributed by atoms with E-state index in [1.165, 1.54) is 25.7 Å². The predicted molar refractivity (Wildman–Crippen MR) is 79.9 cm³/mol. The van der Waals surface area contributed by atoms with Crippen LogP contribution in [-0.2, 0) is 0 Å². The van der Waals surface area contributed by atoms with Crippen molar-refractivity contribution in [1.82, 2.24) is 15.5 Å². The van der Waals surface area contributed by atoms with Crippen molar-refractivity contribution < 1.29 is 4.79 Å². The second-order valence-electron chi connectivity index (χ2n) is 5.46. The summed E-state index contributed by atoms with van der Waals surface area (Å²) >= 11 is 0. The van der Waals surface area contributed by atoms with Gasteiger partial charge in [-0.25, -0.2) is 0 Å². The largest absolute Gasteiger partial charge is 0.355 e. The molecular weight excluding hydrogens is 252 g/mol. The van der Waals surface area contributed by atoms with Gasteiger partial charge in [-0.1, -0.05) is 19.8 Å². The maximum atomic E-state index is 11.9.